The summed E-state index contributed by atoms with van der Waals surface area (Å²) in [6.07, 6.45) is 2.01. The molecule has 1 saturated heterocycles. The van der Waals surface area contributed by atoms with Crippen LogP contribution in [0, 0.1) is 5.82 Å². The number of alkyl halides is 1. The van der Waals surface area contributed by atoms with Gasteiger partial charge < -0.3 is 9.30 Å². The Morgan fingerprint density at radius 1 is 1.52 bits per heavy atom. The SMILES string of the molecule is CC(Cl)c1nc2cc(Cl)c(F)cc2n1CC1(C)CCCO1. The summed E-state index contributed by atoms with van der Waals surface area (Å²) in [6, 6.07) is 2.97. The van der Waals surface area contributed by atoms with Gasteiger partial charge in [0.25, 0.3) is 0 Å². The highest BCUT2D eigenvalue weighted by Gasteiger charge is 2.32. The third-order valence-corrected chi connectivity index (χ3v) is 4.45. The van der Waals surface area contributed by atoms with E-state index in [0.717, 1.165) is 19.4 Å². The predicted molar refractivity (Wildman–Crippen MR) is 82.6 cm³/mol. The smallest absolute Gasteiger partial charge is 0.144 e. The summed E-state index contributed by atoms with van der Waals surface area (Å²) >= 11 is 12.1. The van der Waals surface area contributed by atoms with Crippen molar-refractivity contribution in [3.05, 3.63) is 28.8 Å². The van der Waals surface area contributed by atoms with E-state index in [9.17, 15) is 4.39 Å². The molecule has 114 valence electrons. The Kier molecular flexibility index (Phi) is 3.89. The van der Waals surface area contributed by atoms with Gasteiger partial charge in [0.15, 0.2) is 0 Å². The molecule has 0 bridgehead atoms. The second-order valence-electron chi connectivity index (χ2n) is 5.83. The molecule has 0 radical (unpaired) electrons. The number of ether oxygens (including phenoxy) is 1. The van der Waals surface area contributed by atoms with Crippen LogP contribution in [0.5, 0.6) is 0 Å². The normalized spacial score (nSPS) is 23.9. The van der Waals surface area contributed by atoms with E-state index in [1.54, 1.807) is 6.07 Å². The molecule has 2 atom stereocenters. The molecular weight excluding hydrogens is 314 g/mol. The summed E-state index contributed by atoms with van der Waals surface area (Å²) in [5, 5.41) is -0.200. The molecule has 0 N–H and O–H groups in total. The molecule has 6 heteroatoms. The molecule has 21 heavy (non-hydrogen) atoms. The summed E-state index contributed by atoms with van der Waals surface area (Å²) in [4.78, 5) is 4.51. The van der Waals surface area contributed by atoms with Crippen molar-refractivity contribution in [3.63, 3.8) is 0 Å². The maximum absolute atomic E-state index is 13.8. The van der Waals surface area contributed by atoms with E-state index in [1.165, 1.54) is 6.07 Å². The first kappa shape index (κ1) is 15.1. The number of nitrogens with zero attached hydrogens (tertiary/aromatic N) is 2. The minimum Gasteiger partial charge on any atom is -0.373 e. The zero-order chi connectivity index (χ0) is 15.2. The van der Waals surface area contributed by atoms with Crippen LogP contribution in [-0.4, -0.2) is 21.8 Å². The number of hydrogen-bond donors (Lipinski definition) is 0. The van der Waals surface area contributed by atoms with Crippen LogP contribution >= 0.6 is 23.2 Å². The van der Waals surface area contributed by atoms with Crippen LogP contribution in [0.25, 0.3) is 11.0 Å². The Bertz CT molecular complexity index is 678. The lowest BCUT2D eigenvalue weighted by Crippen LogP contribution is -2.30. The van der Waals surface area contributed by atoms with Gasteiger partial charge in [0, 0.05) is 12.7 Å². The maximum Gasteiger partial charge on any atom is 0.144 e. The summed E-state index contributed by atoms with van der Waals surface area (Å²) in [6.45, 7) is 5.29. The van der Waals surface area contributed by atoms with Gasteiger partial charge in [-0.3, -0.25) is 0 Å². The fourth-order valence-electron chi connectivity index (χ4n) is 2.90. The highest BCUT2D eigenvalue weighted by Crippen LogP contribution is 2.33. The highest BCUT2D eigenvalue weighted by molar-refractivity contribution is 6.31. The topological polar surface area (TPSA) is 27.1 Å². The van der Waals surface area contributed by atoms with Crippen LogP contribution < -0.4 is 0 Å². The molecule has 0 aliphatic carbocycles. The minimum atomic E-state index is -0.448. The van der Waals surface area contributed by atoms with Crippen molar-refractivity contribution in [2.75, 3.05) is 6.61 Å². The zero-order valence-electron chi connectivity index (χ0n) is 12.0. The molecule has 0 spiro atoms. The maximum atomic E-state index is 13.8. The number of aromatic nitrogens is 2. The highest BCUT2D eigenvalue weighted by atomic mass is 35.5. The van der Waals surface area contributed by atoms with E-state index in [-0.39, 0.29) is 16.0 Å². The van der Waals surface area contributed by atoms with Gasteiger partial charge in [-0.05, 0) is 32.8 Å². The second-order valence-corrected chi connectivity index (χ2v) is 6.89. The summed E-state index contributed by atoms with van der Waals surface area (Å²) in [7, 11) is 0. The van der Waals surface area contributed by atoms with Crippen LogP contribution in [0.2, 0.25) is 5.02 Å². The average Bonchev–Trinajstić information content (AvgIpc) is 2.97. The number of hydrogen-bond acceptors (Lipinski definition) is 2. The van der Waals surface area contributed by atoms with Gasteiger partial charge in [-0.15, -0.1) is 11.6 Å². The zero-order valence-corrected chi connectivity index (χ0v) is 13.5. The molecule has 1 aliphatic rings. The van der Waals surface area contributed by atoms with Crippen molar-refractivity contribution < 1.29 is 9.13 Å². The molecule has 2 aromatic rings. The molecule has 1 aliphatic heterocycles. The van der Waals surface area contributed by atoms with E-state index in [2.05, 4.69) is 11.9 Å². The quantitative estimate of drug-likeness (QED) is 0.763. The van der Waals surface area contributed by atoms with Gasteiger partial charge in [0.1, 0.15) is 11.6 Å². The Morgan fingerprint density at radius 3 is 2.90 bits per heavy atom. The number of imidazole rings is 1. The number of halogens is 3. The molecule has 1 fully saturated rings. The van der Waals surface area contributed by atoms with Crippen molar-refractivity contribution in [2.45, 2.75) is 44.2 Å². The van der Waals surface area contributed by atoms with Crippen LogP contribution in [0.1, 0.15) is 37.9 Å². The molecule has 1 aromatic heterocycles. The first-order chi connectivity index (χ1) is 9.89. The van der Waals surface area contributed by atoms with Gasteiger partial charge in [0.05, 0.1) is 33.6 Å². The van der Waals surface area contributed by atoms with Gasteiger partial charge in [-0.1, -0.05) is 11.6 Å². The third kappa shape index (κ3) is 2.77. The Labute approximate surface area is 133 Å². The van der Waals surface area contributed by atoms with Crippen LogP contribution in [0.15, 0.2) is 12.1 Å². The van der Waals surface area contributed by atoms with Crippen molar-refractivity contribution in [2.24, 2.45) is 0 Å². The standard InChI is InChI=1S/C15H17Cl2FN2O/c1-9(16)14-19-12-6-10(17)11(18)7-13(12)20(14)8-15(2)4-3-5-21-15/h6-7,9H,3-5,8H2,1-2H3. The van der Waals surface area contributed by atoms with Crippen molar-refractivity contribution in [3.8, 4) is 0 Å². The molecule has 1 aromatic carbocycles. The molecular formula is C15H17Cl2FN2O. The summed E-state index contributed by atoms with van der Waals surface area (Å²) in [5.41, 5.74) is 1.10. The molecule has 0 saturated carbocycles. The van der Waals surface area contributed by atoms with Crippen molar-refractivity contribution >= 4 is 34.2 Å². The number of fused-ring (bicyclic) bond motifs is 1. The average molecular weight is 331 g/mol. The Hall–Kier alpha value is -0.840. The first-order valence-corrected chi connectivity index (χ1v) is 7.84. The van der Waals surface area contributed by atoms with E-state index < -0.39 is 5.82 Å². The van der Waals surface area contributed by atoms with Gasteiger partial charge in [-0.2, -0.15) is 0 Å². The van der Waals surface area contributed by atoms with Crippen molar-refractivity contribution in [1.29, 1.82) is 0 Å². The fraction of sp³-hybridized carbons (Fsp3) is 0.533. The van der Waals surface area contributed by atoms with Gasteiger partial charge >= 0.3 is 0 Å². The second kappa shape index (κ2) is 5.41. The Balaban J connectivity index is 2.13. The van der Waals surface area contributed by atoms with Crippen LogP contribution in [-0.2, 0) is 11.3 Å². The lowest BCUT2D eigenvalue weighted by molar-refractivity contribution is 0.00648. The van der Waals surface area contributed by atoms with Crippen molar-refractivity contribution in [1.82, 2.24) is 9.55 Å². The van der Waals surface area contributed by atoms with E-state index in [4.69, 9.17) is 27.9 Å². The predicted octanol–water partition coefficient (Wildman–Crippen LogP) is 4.70. The van der Waals surface area contributed by atoms with E-state index in [1.807, 2.05) is 11.5 Å². The third-order valence-electron chi connectivity index (χ3n) is 3.97. The largest absolute Gasteiger partial charge is 0.373 e. The molecule has 2 heterocycles. The van der Waals surface area contributed by atoms with Crippen LogP contribution in [0.3, 0.4) is 0 Å². The minimum absolute atomic E-state index is 0.0734. The number of rotatable bonds is 3. The first-order valence-electron chi connectivity index (χ1n) is 7.03. The monoisotopic (exact) mass is 330 g/mol. The lowest BCUT2D eigenvalue weighted by Gasteiger charge is -2.25. The molecule has 3 rings (SSSR count). The summed E-state index contributed by atoms with van der Waals surface area (Å²) < 4.78 is 21.6. The van der Waals surface area contributed by atoms with E-state index in [0.29, 0.717) is 23.4 Å². The molecule has 3 nitrogen and oxygen atoms in total. The van der Waals surface area contributed by atoms with E-state index >= 15 is 0 Å². The lowest BCUT2D eigenvalue weighted by atomic mass is 10.0. The van der Waals surface area contributed by atoms with Crippen LogP contribution in [0.4, 0.5) is 4.39 Å². The molecule has 2 unspecified atom stereocenters. The summed E-state index contributed by atoms with van der Waals surface area (Å²) in [5.74, 6) is 0.265. The fourth-order valence-corrected chi connectivity index (χ4v) is 3.23. The Morgan fingerprint density at radius 2 is 2.29 bits per heavy atom. The van der Waals surface area contributed by atoms with Gasteiger partial charge in [-0.25, -0.2) is 9.37 Å². The molecule has 0 amide bonds. The number of benzene rings is 1. The van der Waals surface area contributed by atoms with Gasteiger partial charge in [0.2, 0.25) is 0 Å².